The molecule has 0 amide bonds. The quantitative estimate of drug-likeness (QED) is 0.187. The van der Waals surface area contributed by atoms with Crippen LogP contribution in [0.15, 0.2) is 64.5 Å². The molecule has 258 valence electrons. The predicted octanol–water partition coefficient (Wildman–Crippen LogP) is 2.87. The van der Waals surface area contributed by atoms with Gasteiger partial charge in [0.05, 0.1) is 47.3 Å². The van der Waals surface area contributed by atoms with Gasteiger partial charge in [-0.15, -0.1) is 5.10 Å². The molecule has 5 rings (SSSR count). The van der Waals surface area contributed by atoms with Crippen LogP contribution in [-0.4, -0.2) is 76.6 Å². The normalized spacial score (nSPS) is 17.5. The van der Waals surface area contributed by atoms with Crippen LogP contribution in [0.5, 0.6) is 28.7 Å². The smallest absolute Gasteiger partial charge is 0.330 e. The minimum Gasteiger partial charge on any atom is -0.493 e. The number of aliphatic hydroxyl groups excluding tert-OH is 1. The van der Waals surface area contributed by atoms with Crippen molar-refractivity contribution in [2.45, 2.75) is 38.3 Å². The fraction of sp³-hybridized carbons (Fsp3) is 0.324. The van der Waals surface area contributed by atoms with Gasteiger partial charge in [-0.2, -0.15) is 0 Å². The SMILES string of the molecule is COc1cc(/C=C/C(=O)/C=C/c2ccc(OC)c(OC)c2OC)ccc1OCc1cn([C@H]2C[C@H](n3cc(C)c(=O)[nH]c3=O)O[C@@H]2CO)nn1. The van der Waals surface area contributed by atoms with Gasteiger partial charge < -0.3 is 33.5 Å². The maximum atomic E-state index is 12.6. The van der Waals surface area contributed by atoms with E-state index in [0.717, 1.165) is 0 Å². The molecule has 0 saturated carbocycles. The van der Waals surface area contributed by atoms with E-state index in [2.05, 4.69) is 15.3 Å². The third-order valence-corrected chi connectivity index (χ3v) is 7.90. The summed E-state index contributed by atoms with van der Waals surface area (Å²) in [5, 5.41) is 18.4. The molecule has 1 fully saturated rings. The third kappa shape index (κ3) is 7.74. The highest BCUT2D eigenvalue weighted by Gasteiger charge is 2.38. The van der Waals surface area contributed by atoms with Crippen LogP contribution in [0.4, 0.5) is 0 Å². The van der Waals surface area contributed by atoms with Gasteiger partial charge in [0.25, 0.3) is 5.56 Å². The summed E-state index contributed by atoms with van der Waals surface area (Å²) in [6.45, 7) is 1.35. The lowest BCUT2D eigenvalue weighted by atomic mass is 10.1. The van der Waals surface area contributed by atoms with E-state index < -0.39 is 29.6 Å². The molecule has 2 aromatic heterocycles. The summed E-state index contributed by atoms with van der Waals surface area (Å²) in [5.41, 5.74) is 1.16. The Morgan fingerprint density at radius 3 is 2.43 bits per heavy atom. The maximum absolute atomic E-state index is 12.6. The number of carbonyl (C=O) groups is 1. The van der Waals surface area contributed by atoms with Gasteiger partial charge >= 0.3 is 5.69 Å². The summed E-state index contributed by atoms with van der Waals surface area (Å²) < 4.78 is 36.4. The fourth-order valence-corrected chi connectivity index (χ4v) is 5.39. The molecule has 3 atom stereocenters. The number of aromatic nitrogens is 5. The van der Waals surface area contributed by atoms with Crippen LogP contribution in [-0.2, 0) is 16.1 Å². The molecule has 4 aromatic rings. The standard InChI is InChI=1S/C34H37N5O10/c1-20-16-38(34(43)35-33(20)42)30-15-25(29(18-40)49-30)39-17-23(36-37-39)19-48-26-12-7-21(14-28(26)45-3)6-10-24(41)11-8-22-9-13-27(44-2)32(47-5)31(22)46-4/h6-14,16-17,25,29-30,40H,15,18-19H2,1-5H3,(H,35,42,43)/b10-6+,11-8+/t25-,29+,30+/m0/s1. The number of nitrogens with one attached hydrogen (secondary N) is 1. The Hall–Kier alpha value is -5.67. The van der Waals surface area contributed by atoms with Gasteiger partial charge in [0.1, 0.15) is 24.6 Å². The Bertz CT molecular complexity index is 1980. The topological polar surface area (TPSA) is 178 Å². The summed E-state index contributed by atoms with van der Waals surface area (Å²) >= 11 is 0. The van der Waals surface area contributed by atoms with E-state index in [9.17, 15) is 19.5 Å². The Kier molecular flexibility index (Phi) is 11.0. The number of aliphatic hydroxyl groups is 1. The second-order valence-electron chi connectivity index (χ2n) is 11.0. The second-order valence-corrected chi connectivity index (χ2v) is 11.0. The molecule has 49 heavy (non-hydrogen) atoms. The number of ketones is 1. The third-order valence-electron chi connectivity index (χ3n) is 7.90. The van der Waals surface area contributed by atoms with Crippen LogP contribution in [0.3, 0.4) is 0 Å². The zero-order chi connectivity index (χ0) is 35.1. The molecule has 2 aromatic carbocycles. The number of hydrogen-bond acceptors (Lipinski definition) is 12. The molecule has 1 aliphatic rings. The second kappa shape index (κ2) is 15.5. The van der Waals surface area contributed by atoms with E-state index in [0.29, 0.717) is 57.6 Å². The van der Waals surface area contributed by atoms with E-state index in [1.54, 1.807) is 60.3 Å². The number of H-pyrrole nitrogens is 1. The minimum absolute atomic E-state index is 0.0633. The first kappa shape index (κ1) is 34.7. The summed E-state index contributed by atoms with van der Waals surface area (Å²) in [4.78, 5) is 39.1. The van der Waals surface area contributed by atoms with Crippen LogP contribution < -0.4 is 34.9 Å². The molecule has 2 N–H and O–H groups in total. The van der Waals surface area contributed by atoms with E-state index in [1.807, 2.05) is 0 Å². The Labute approximate surface area is 280 Å². The summed E-state index contributed by atoms with van der Waals surface area (Å²) in [6, 6.07) is 8.31. The Balaban J connectivity index is 1.21. The van der Waals surface area contributed by atoms with Gasteiger partial charge in [0.2, 0.25) is 5.75 Å². The monoisotopic (exact) mass is 675 g/mol. The molecule has 0 radical (unpaired) electrons. The lowest BCUT2D eigenvalue weighted by Gasteiger charge is -2.15. The Morgan fingerprint density at radius 2 is 1.71 bits per heavy atom. The van der Waals surface area contributed by atoms with Crippen LogP contribution in [0.1, 0.15) is 41.1 Å². The van der Waals surface area contributed by atoms with Crippen molar-refractivity contribution in [3.63, 3.8) is 0 Å². The van der Waals surface area contributed by atoms with E-state index in [1.165, 1.54) is 51.4 Å². The molecule has 0 aliphatic carbocycles. The van der Waals surface area contributed by atoms with Crippen molar-refractivity contribution in [3.05, 3.63) is 98.1 Å². The minimum atomic E-state index is -0.710. The summed E-state index contributed by atoms with van der Waals surface area (Å²) in [6.07, 6.45) is 8.22. The summed E-state index contributed by atoms with van der Waals surface area (Å²) in [5.74, 6) is 2.04. The van der Waals surface area contributed by atoms with Gasteiger partial charge in [0, 0.05) is 23.7 Å². The summed E-state index contributed by atoms with van der Waals surface area (Å²) in [7, 11) is 6.07. The van der Waals surface area contributed by atoms with Gasteiger partial charge in [-0.1, -0.05) is 17.4 Å². The number of nitrogens with zero attached hydrogens (tertiary/aromatic N) is 4. The molecule has 0 spiro atoms. The fourth-order valence-electron chi connectivity index (χ4n) is 5.39. The largest absolute Gasteiger partial charge is 0.493 e. The molecule has 0 bridgehead atoms. The number of hydrogen-bond donors (Lipinski definition) is 2. The highest BCUT2D eigenvalue weighted by Crippen LogP contribution is 2.40. The maximum Gasteiger partial charge on any atom is 0.330 e. The lowest BCUT2D eigenvalue weighted by Crippen LogP contribution is -2.33. The van der Waals surface area contributed by atoms with Crippen molar-refractivity contribution in [3.8, 4) is 28.7 Å². The zero-order valence-corrected chi connectivity index (χ0v) is 27.6. The van der Waals surface area contributed by atoms with Crippen molar-refractivity contribution in [1.82, 2.24) is 24.5 Å². The number of methoxy groups -OCH3 is 4. The van der Waals surface area contributed by atoms with Crippen LogP contribution >= 0.6 is 0 Å². The van der Waals surface area contributed by atoms with Gasteiger partial charge in [0.15, 0.2) is 28.8 Å². The number of ether oxygens (including phenoxy) is 6. The molecular formula is C34H37N5O10. The number of aromatic amines is 1. The van der Waals surface area contributed by atoms with Crippen molar-refractivity contribution >= 4 is 17.9 Å². The first-order valence-corrected chi connectivity index (χ1v) is 15.2. The zero-order valence-electron chi connectivity index (χ0n) is 27.6. The highest BCUT2D eigenvalue weighted by atomic mass is 16.5. The van der Waals surface area contributed by atoms with Crippen molar-refractivity contribution < 1.29 is 38.3 Å². The number of allylic oxidation sites excluding steroid dienone is 2. The average Bonchev–Trinajstić information content (AvgIpc) is 3.77. The molecule has 15 heteroatoms. The lowest BCUT2D eigenvalue weighted by molar-refractivity contribution is -0.110. The molecular weight excluding hydrogens is 638 g/mol. The Morgan fingerprint density at radius 1 is 0.980 bits per heavy atom. The number of carbonyl (C=O) groups excluding carboxylic acids is 1. The number of aryl methyl sites for hydroxylation is 1. The van der Waals surface area contributed by atoms with E-state index >= 15 is 0 Å². The predicted molar refractivity (Wildman–Crippen MR) is 177 cm³/mol. The molecule has 15 nitrogen and oxygen atoms in total. The first-order valence-electron chi connectivity index (χ1n) is 15.2. The van der Waals surface area contributed by atoms with Gasteiger partial charge in [-0.3, -0.25) is 19.1 Å². The first-order chi connectivity index (χ1) is 23.7. The van der Waals surface area contributed by atoms with E-state index in [-0.39, 0.29) is 19.0 Å². The highest BCUT2D eigenvalue weighted by molar-refractivity contribution is 6.04. The van der Waals surface area contributed by atoms with Crippen LogP contribution in [0.25, 0.3) is 12.2 Å². The van der Waals surface area contributed by atoms with Crippen LogP contribution in [0.2, 0.25) is 0 Å². The molecule has 3 heterocycles. The van der Waals surface area contributed by atoms with Crippen molar-refractivity contribution in [1.29, 1.82) is 0 Å². The van der Waals surface area contributed by atoms with E-state index in [4.69, 9.17) is 28.4 Å². The molecule has 1 saturated heterocycles. The van der Waals surface area contributed by atoms with Crippen molar-refractivity contribution in [2.75, 3.05) is 35.0 Å². The number of benzene rings is 2. The van der Waals surface area contributed by atoms with Crippen molar-refractivity contribution in [2.24, 2.45) is 0 Å². The molecule has 0 unspecified atom stereocenters. The van der Waals surface area contributed by atoms with Gasteiger partial charge in [-0.05, 0) is 55.0 Å². The molecule has 1 aliphatic heterocycles. The van der Waals surface area contributed by atoms with Crippen LogP contribution in [0, 0.1) is 6.92 Å². The van der Waals surface area contributed by atoms with Gasteiger partial charge in [-0.25, -0.2) is 9.48 Å². The number of rotatable bonds is 14. The average molecular weight is 676 g/mol.